The normalized spacial score (nSPS) is 23.5. The fourth-order valence-corrected chi connectivity index (χ4v) is 4.82. The molecule has 2 aromatic carbocycles. The Bertz CT molecular complexity index is 833. The van der Waals surface area contributed by atoms with Crippen molar-refractivity contribution in [3.63, 3.8) is 0 Å². The van der Waals surface area contributed by atoms with Crippen LogP contribution in [-0.4, -0.2) is 35.7 Å². The van der Waals surface area contributed by atoms with E-state index in [1.54, 1.807) is 0 Å². The number of phenols is 1. The zero-order chi connectivity index (χ0) is 19.7. The molecule has 5 heteroatoms. The molecule has 0 aromatic heterocycles. The van der Waals surface area contributed by atoms with Crippen LogP contribution in [0.2, 0.25) is 5.02 Å². The molecule has 2 heterocycles. The number of halogens is 1. The molecule has 0 saturated carbocycles. The Morgan fingerprint density at radius 2 is 1.93 bits per heavy atom. The minimum absolute atomic E-state index is 0.121. The van der Waals surface area contributed by atoms with Crippen LogP contribution in [0.5, 0.6) is 5.75 Å². The van der Waals surface area contributed by atoms with Crippen LogP contribution in [0.3, 0.4) is 0 Å². The van der Waals surface area contributed by atoms with Gasteiger partial charge in [0.1, 0.15) is 5.75 Å². The number of benzene rings is 2. The molecule has 28 heavy (non-hydrogen) atoms. The van der Waals surface area contributed by atoms with Gasteiger partial charge in [-0.3, -0.25) is 4.90 Å². The van der Waals surface area contributed by atoms with E-state index in [4.69, 9.17) is 22.1 Å². The Balaban J connectivity index is 1.42. The van der Waals surface area contributed by atoms with Crippen molar-refractivity contribution in [3.8, 4) is 5.75 Å². The molecule has 0 aliphatic carbocycles. The van der Waals surface area contributed by atoms with Gasteiger partial charge in [0.2, 0.25) is 0 Å². The first-order valence-electron chi connectivity index (χ1n) is 10.2. The Labute approximate surface area is 172 Å². The minimum Gasteiger partial charge on any atom is -0.507 e. The summed E-state index contributed by atoms with van der Waals surface area (Å²) < 4.78 is 6.39. The Morgan fingerprint density at radius 3 is 2.64 bits per heavy atom. The van der Waals surface area contributed by atoms with E-state index in [2.05, 4.69) is 17.0 Å². The first-order valence-corrected chi connectivity index (χ1v) is 10.6. The van der Waals surface area contributed by atoms with Gasteiger partial charge in [0.25, 0.3) is 0 Å². The molecule has 1 fully saturated rings. The lowest BCUT2D eigenvalue weighted by molar-refractivity contribution is -0.0651. The third-order valence-electron chi connectivity index (χ3n) is 6.34. The van der Waals surface area contributed by atoms with Crippen LogP contribution in [0.15, 0.2) is 36.4 Å². The second-order valence-corrected chi connectivity index (χ2v) is 8.51. The van der Waals surface area contributed by atoms with Gasteiger partial charge in [-0.15, -0.1) is 0 Å². The highest BCUT2D eigenvalue weighted by atomic mass is 35.5. The molecule has 2 aromatic rings. The number of phenolic OH excluding ortho intramolecular Hbond substituents is 1. The van der Waals surface area contributed by atoms with Crippen LogP contribution in [0.4, 0.5) is 0 Å². The van der Waals surface area contributed by atoms with Crippen LogP contribution < -0.4 is 5.73 Å². The number of likely N-dealkylation sites (tertiary alicyclic amines) is 1. The number of fused-ring (bicyclic) bond motifs is 1. The third kappa shape index (κ3) is 3.92. The number of piperidine rings is 1. The highest BCUT2D eigenvalue weighted by Crippen LogP contribution is 2.40. The van der Waals surface area contributed by atoms with Crippen molar-refractivity contribution < 1.29 is 9.84 Å². The van der Waals surface area contributed by atoms with E-state index in [0.717, 1.165) is 60.6 Å². The topological polar surface area (TPSA) is 58.7 Å². The van der Waals surface area contributed by atoms with Crippen molar-refractivity contribution in [3.05, 3.63) is 63.7 Å². The van der Waals surface area contributed by atoms with Crippen molar-refractivity contribution in [2.45, 2.75) is 44.9 Å². The van der Waals surface area contributed by atoms with E-state index in [-0.39, 0.29) is 12.2 Å². The number of aromatic hydroxyl groups is 1. The zero-order valence-electron chi connectivity index (χ0n) is 16.4. The van der Waals surface area contributed by atoms with Crippen molar-refractivity contribution in [2.75, 3.05) is 19.6 Å². The van der Waals surface area contributed by atoms with E-state index in [9.17, 15) is 5.11 Å². The lowest BCUT2D eigenvalue weighted by Gasteiger charge is -2.40. The lowest BCUT2D eigenvalue weighted by atomic mass is 9.83. The van der Waals surface area contributed by atoms with Gasteiger partial charge in [0, 0.05) is 30.1 Å². The molecule has 0 radical (unpaired) electrons. The Morgan fingerprint density at radius 1 is 1.18 bits per heavy atom. The van der Waals surface area contributed by atoms with Crippen LogP contribution >= 0.6 is 11.6 Å². The fraction of sp³-hybridized carbons (Fsp3) is 0.478. The molecular weight excluding hydrogens is 372 g/mol. The van der Waals surface area contributed by atoms with Gasteiger partial charge in [0.15, 0.2) is 0 Å². The molecule has 0 bridgehead atoms. The smallest absolute Gasteiger partial charge is 0.122 e. The minimum atomic E-state index is -0.124. The first kappa shape index (κ1) is 19.7. The van der Waals surface area contributed by atoms with Gasteiger partial charge in [-0.2, -0.15) is 0 Å². The van der Waals surface area contributed by atoms with Gasteiger partial charge >= 0.3 is 0 Å². The molecule has 2 unspecified atom stereocenters. The van der Waals surface area contributed by atoms with Gasteiger partial charge in [-0.05, 0) is 61.5 Å². The van der Waals surface area contributed by atoms with Crippen molar-refractivity contribution in [2.24, 2.45) is 11.7 Å². The summed E-state index contributed by atoms with van der Waals surface area (Å²) in [6, 6.07) is 12.1. The van der Waals surface area contributed by atoms with Crippen molar-refractivity contribution >= 4 is 11.6 Å². The maximum Gasteiger partial charge on any atom is 0.122 e. The number of hydrogen-bond donors (Lipinski definition) is 2. The molecule has 2 aliphatic rings. The molecule has 150 valence electrons. The summed E-state index contributed by atoms with van der Waals surface area (Å²) in [4.78, 5) is 2.47. The molecule has 4 nitrogen and oxygen atoms in total. The number of aryl methyl sites for hydroxylation is 1. The zero-order valence-corrected chi connectivity index (χ0v) is 17.2. The summed E-state index contributed by atoms with van der Waals surface area (Å²) in [7, 11) is 0. The molecule has 0 spiro atoms. The maximum atomic E-state index is 10.6. The summed E-state index contributed by atoms with van der Waals surface area (Å²) in [5, 5.41) is 11.4. The van der Waals surface area contributed by atoms with Gasteiger partial charge in [0.05, 0.1) is 12.2 Å². The van der Waals surface area contributed by atoms with Crippen LogP contribution in [-0.2, 0) is 17.7 Å². The average molecular weight is 401 g/mol. The number of nitrogens with two attached hydrogens (primary N) is 1. The molecule has 4 rings (SSSR count). The van der Waals surface area contributed by atoms with E-state index < -0.39 is 0 Å². The second kappa shape index (κ2) is 8.42. The number of hydrogen-bond acceptors (Lipinski definition) is 4. The molecular formula is C23H29ClN2O2. The van der Waals surface area contributed by atoms with Gasteiger partial charge in [-0.25, -0.2) is 0 Å². The monoisotopic (exact) mass is 400 g/mol. The standard InChI is InChI=1S/C23H29ClN2O2/c1-15-6-7-18-19(23(15)27)12-21(28-22(18)13-25)16-8-10-26(11-9-16)14-17-4-2-3-5-20(17)24/h2-7,16,21-22,27H,8-14,25H2,1H3. The molecule has 0 amide bonds. The van der Waals surface area contributed by atoms with E-state index in [1.165, 1.54) is 5.56 Å². The van der Waals surface area contributed by atoms with Crippen LogP contribution in [0.1, 0.15) is 41.2 Å². The van der Waals surface area contributed by atoms with Gasteiger partial charge < -0.3 is 15.6 Å². The average Bonchev–Trinajstić information content (AvgIpc) is 2.72. The second-order valence-electron chi connectivity index (χ2n) is 8.11. The lowest BCUT2D eigenvalue weighted by Crippen LogP contribution is -2.42. The molecule has 3 N–H and O–H groups in total. The summed E-state index contributed by atoms with van der Waals surface area (Å²) in [6.45, 7) is 5.36. The summed E-state index contributed by atoms with van der Waals surface area (Å²) in [6.07, 6.45) is 2.95. The summed E-state index contributed by atoms with van der Waals surface area (Å²) in [5.41, 5.74) is 10.2. The van der Waals surface area contributed by atoms with Crippen molar-refractivity contribution in [1.29, 1.82) is 0 Å². The third-order valence-corrected chi connectivity index (χ3v) is 6.70. The van der Waals surface area contributed by atoms with Crippen LogP contribution in [0.25, 0.3) is 0 Å². The summed E-state index contributed by atoms with van der Waals surface area (Å²) >= 11 is 6.32. The van der Waals surface area contributed by atoms with Crippen molar-refractivity contribution in [1.82, 2.24) is 4.90 Å². The van der Waals surface area contributed by atoms with E-state index in [0.29, 0.717) is 18.2 Å². The van der Waals surface area contributed by atoms with Gasteiger partial charge in [-0.1, -0.05) is 41.9 Å². The number of ether oxygens (including phenoxy) is 1. The van der Waals surface area contributed by atoms with E-state index >= 15 is 0 Å². The van der Waals surface area contributed by atoms with Crippen LogP contribution in [0, 0.1) is 12.8 Å². The predicted molar refractivity (Wildman–Crippen MR) is 113 cm³/mol. The fourth-order valence-electron chi connectivity index (χ4n) is 4.63. The molecule has 1 saturated heterocycles. The maximum absolute atomic E-state index is 10.6. The first-order chi connectivity index (χ1) is 13.6. The molecule has 2 aliphatic heterocycles. The largest absolute Gasteiger partial charge is 0.507 e. The quantitative estimate of drug-likeness (QED) is 0.807. The Kier molecular flexibility index (Phi) is 5.93. The molecule has 2 atom stereocenters. The summed E-state index contributed by atoms with van der Waals surface area (Å²) in [5.74, 6) is 0.907. The predicted octanol–water partition coefficient (Wildman–Crippen LogP) is 4.21. The highest BCUT2D eigenvalue weighted by molar-refractivity contribution is 6.31. The number of nitrogens with zero attached hydrogens (tertiary/aromatic N) is 1. The number of rotatable bonds is 4. The SMILES string of the molecule is Cc1ccc2c(c1O)CC(C1CCN(Cc3ccccc3Cl)CC1)OC2CN. The Hall–Kier alpha value is -1.59. The highest BCUT2D eigenvalue weighted by Gasteiger charge is 2.35. The van der Waals surface area contributed by atoms with E-state index in [1.807, 2.05) is 31.2 Å².